The van der Waals surface area contributed by atoms with E-state index in [1.165, 1.54) is 16.6 Å². The van der Waals surface area contributed by atoms with E-state index in [1.807, 2.05) is 30.2 Å². The molecule has 0 atom stereocenters. The lowest BCUT2D eigenvalue weighted by molar-refractivity contribution is 0.642. The zero-order valence-electron chi connectivity index (χ0n) is 12.3. The molecule has 3 aromatic rings. The van der Waals surface area contributed by atoms with E-state index in [2.05, 4.69) is 45.7 Å². The van der Waals surface area contributed by atoms with Crippen LogP contribution in [0.4, 0.5) is 0 Å². The van der Waals surface area contributed by atoms with Gasteiger partial charge >= 0.3 is 0 Å². The fourth-order valence-corrected chi connectivity index (χ4v) is 2.58. The first-order chi connectivity index (χ1) is 10.3. The number of fused-ring (bicyclic) bond motifs is 1. The number of aromatic nitrogens is 3. The predicted octanol–water partition coefficient (Wildman–Crippen LogP) is 2.34. The van der Waals surface area contributed by atoms with Crippen LogP contribution in [-0.4, -0.2) is 27.9 Å². The van der Waals surface area contributed by atoms with Gasteiger partial charge in [0.05, 0.1) is 5.52 Å². The minimum Gasteiger partial charge on any atom is -0.316 e. The van der Waals surface area contributed by atoms with Gasteiger partial charge in [-0.05, 0) is 30.7 Å². The zero-order valence-corrected chi connectivity index (χ0v) is 12.3. The average molecular weight is 280 g/mol. The summed E-state index contributed by atoms with van der Waals surface area (Å²) in [6, 6.07) is 12.5. The minimum atomic E-state index is 0.966. The maximum absolute atomic E-state index is 4.49. The van der Waals surface area contributed by atoms with Gasteiger partial charge in [0.2, 0.25) is 0 Å². The van der Waals surface area contributed by atoms with Gasteiger partial charge in [0.25, 0.3) is 0 Å². The summed E-state index contributed by atoms with van der Waals surface area (Å²) in [5, 5.41) is 8.89. The molecule has 0 saturated carbocycles. The summed E-state index contributed by atoms with van der Waals surface area (Å²) in [7, 11) is 1.98. The number of rotatable bonds is 6. The van der Waals surface area contributed by atoms with Crippen LogP contribution in [0, 0.1) is 0 Å². The second-order valence-corrected chi connectivity index (χ2v) is 5.19. The van der Waals surface area contributed by atoms with Gasteiger partial charge in [-0.25, -0.2) is 0 Å². The van der Waals surface area contributed by atoms with Crippen LogP contribution in [0.2, 0.25) is 0 Å². The Labute approximate surface area is 124 Å². The van der Waals surface area contributed by atoms with Gasteiger partial charge in [-0.2, -0.15) is 5.10 Å². The van der Waals surface area contributed by atoms with Crippen LogP contribution < -0.4 is 5.32 Å². The van der Waals surface area contributed by atoms with E-state index in [-0.39, 0.29) is 0 Å². The van der Waals surface area contributed by atoms with Crippen molar-refractivity contribution < 1.29 is 0 Å². The van der Waals surface area contributed by atoms with Crippen LogP contribution in [0.15, 0.2) is 48.8 Å². The van der Waals surface area contributed by atoms with Gasteiger partial charge in [0, 0.05) is 43.5 Å². The molecule has 4 nitrogen and oxygen atoms in total. The van der Waals surface area contributed by atoms with Gasteiger partial charge in [-0.15, -0.1) is 0 Å². The zero-order chi connectivity index (χ0) is 14.5. The van der Waals surface area contributed by atoms with Crippen LogP contribution in [0.5, 0.6) is 0 Å². The van der Waals surface area contributed by atoms with Crippen LogP contribution in [-0.2, 0) is 19.9 Å². The Balaban J connectivity index is 1.52. The second kappa shape index (κ2) is 6.50. The summed E-state index contributed by atoms with van der Waals surface area (Å²) in [4.78, 5) is 4.49. The molecule has 0 aliphatic heterocycles. The summed E-state index contributed by atoms with van der Waals surface area (Å²) < 4.78 is 1.93. The summed E-state index contributed by atoms with van der Waals surface area (Å²) in [6.45, 7) is 1.94. The molecule has 0 radical (unpaired) electrons. The Kier molecular flexibility index (Phi) is 4.26. The SMILES string of the molecule is Cn1nccc1CCNCCc1cccc2cccnc12. The fraction of sp³-hybridized carbons (Fsp3) is 0.294. The normalized spacial score (nSPS) is 11.1. The number of hydrogen-bond acceptors (Lipinski definition) is 3. The molecule has 21 heavy (non-hydrogen) atoms. The van der Waals surface area contributed by atoms with Crippen molar-refractivity contribution in [2.45, 2.75) is 12.8 Å². The molecule has 1 N–H and O–H groups in total. The molecule has 0 unspecified atom stereocenters. The van der Waals surface area contributed by atoms with Crippen molar-refractivity contribution in [1.29, 1.82) is 0 Å². The molecule has 0 saturated heterocycles. The van der Waals surface area contributed by atoms with Gasteiger partial charge < -0.3 is 5.32 Å². The summed E-state index contributed by atoms with van der Waals surface area (Å²) >= 11 is 0. The molecule has 0 spiro atoms. The second-order valence-electron chi connectivity index (χ2n) is 5.19. The third-order valence-corrected chi connectivity index (χ3v) is 3.77. The first-order valence-corrected chi connectivity index (χ1v) is 7.35. The van der Waals surface area contributed by atoms with E-state index in [0.29, 0.717) is 0 Å². The summed E-state index contributed by atoms with van der Waals surface area (Å²) in [5.74, 6) is 0. The van der Waals surface area contributed by atoms with Gasteiger partial charge in [-0.3, -0.25) is 9.67 Å². The molecule has 108 valence electrons. The maximum atomic E-state index is 4.49. The predicted molar refractivity (Wildman–Crippen MR) is 85.2 cm³/mol. The largest absolute Gasteiger partial charge is 0.316 e. The number of nitrogens with zero attached hydrogens (tertiary/aromatic N) is 3. The molecule has 0 amide bonds. The summed E-state index contributed by atoms with van der Waals surface area (Å²) in [6.07, 6.45) is 5.71. The first-order valence-electron chi connectivity index (χ1n) is 7.35. The van der Waals surface area contributed by atoms with Crippen molar-refractivity contribution in [1.82, 2.24) is 20.1 Å². The smallest absolute Gasteiger partial charge is 0.0734 e. The fourth-order valence-electron chi connectivity index (χ4n) is 2.58. The Morgan fingerprint density at radius 3 is 2.71 bits per heavy atom. The van der Waals surface area contributed by atoms with Gasteiger partial charge in [0.15, 0.2) is 0 Å². The van der Waals surface area contributed by atoms with Crippen molar-refractivity contribution in [3.8, 4) is 0 Å². The molecule has 2 heterocycles. The van der Waals surface area contributed by atoms with Crippen molar-refractivity contribution in [3.63, 3.8) is 0 Å². The lowest BCUT2D eigenvalue weighted by Crippen LogP contribution is -2.21. The van der Waals surface area contributed by atoms with Crippen molar-refractivity contribution in [2.75, 3.05) is 13.1 Å². The van der Waals surface area contributed by atoms with Crippen molar-refractivity contribution in [3.05, 3.63) is 60.0 Å². The number of pyridine rings is 1. The molecule has 0 bridgehead atoms. The van der Waals surface area contributed by atoms with E-state index in [1.54, 1.807) is 0 Å². The molecular weight excluding hydrogens is 260 g/mol. The highest BCUT2D eigenvalue weighted by atomic mass is 15.3. The standard InChI is InChI=1S/C17H20N4/c1-21-16(9-13-20-21)8-12-18-11-7-15-5-2-4-14-6-3-10-19-17(14)15/h2-6,9-10,13,18H,7-8,11-12H2,1H3. The van der Waals surface area contributed by atoms with E-state index in [4.69, 9.17) is 0 Å². The highest BCUT2D eigenvalue weighted by Gasteiger charge is 2.02. The number of aryl methyl sites for hydroxylation is 1. The third kappa shape index (κ3) is 3.28. The van der Waals surface area contributed by atoms with E-state index in [9.17, 15) is 0 Å². The molecule has 0 aliphatic carbocycles. The van der Waals surface area contributed by atoms with E-state index >= 15 is 0 Å². The number of hydrogen-bond donors (Lipinski definition) is 1. The number of para-hydroxylation sites is 1. The number of benzene rings is 1. The lowest BCUT2D eigenvalue weighted by atomic mass is 10.1. The number of nitrogens with one attached hydrogen (secondary N) is 1. The summed E-state index contributed by atoms with van der Waals surface area (Å²) in [5.41, 5.74) is 3.68. The van der Waals surface area contributed by atoms with Crippen LogP contribution in [0.3, 0.4) is 0 Å². The molecule has 1 aromatic carbocycles. The topological polar surface area (TPSA) is 42.7 Å². The average Bonchev–Trinajstić information content (AvgIpc) is 2.92. The Bertz CT molecular complexity index is 712. The van der Waals surface area contributed by atoms with E-state index in [0.717, 1.165) is 31.4 Å². The van der Waals surface area contributed by atoms with Crippen LogP contribution in [0.1, 0.15) is 11.3 Å². The van der Waals surface area contributed by atoms with Gasteiger partial charge in [0.1, 0.15) is 0 Å². The lowest BCUT2D eigenvalue weighted by Gasteiger charge is -2.07. The minimum absolute atomic E-state index is 0.966. The maximum Gasteiger partial charge on any atom is 0.0734 e. The molecule has 3 rings (SSSR count). The third-order valence-electron chi connectivity index (χ3n) is 3.77. The molecule has 0 fully saturated rings. The Morgan fingerprint density at radius 1 is 1.00 bits per heavy atom. The Morgan fingerprint density at radius 2 is 1.86 bits per heavy atom. The Hall–Kier alpha value is -2.20. The highest BCUT2D eigenvalue weighted by Crippen LogP contribution is 2.15. The quantitative estimate of drug-likeness (QED) is 0.705. The highest BCUT2D eigenvalue weighted by molar-refractivity contribution is 5.81. The molecular formula is C17H20N4. The molecule has 0 aliphatic rings. The van der Waals surface area contributed by atoms with E-state index < -0.39 is 0 Å². The van der Waals surface area contributed by atoms with Crippen LogP contribution in [0.25, 0.3) is 10.9 Å². The molecule has 4 heteroatoms. The molecule has 2 aromatic heterocycles. The first kappa shape index (κ1) is 13.8. The van der Waals surface area contributed by atoms with Crippen LogP contribution >= 0.6 is 0 Å². The monoisotopic (exact) mass is 280 g/mol. The van der Waals surface area contributed by atoms with Crippen molar-refractivity contribution in [2.24, 2.45) is 7.05 Å². The van der Waals surface area contributed by atoms with Gasteiger partial charge in [-0.1, -0.05) is 24.3 Å². The van der Waals surface area contributed by atoms with Crippen molar-refractivity contribution >= 4 is 10.9 Å².